The van der Waals surface area contributed by atoms with E-state index in [-0.39, 0.29) is 6.61 Å². The van der Waals surface area contributed by atoms with Crippen LogP contribution in [0.2, 0.25) is 0 Å². The smallest absolute Gasteiger partial charge is 0.384 e. The van der Waals surface area contributed by atoms with Gasteiger partial charge in [-0.15, -0.1) is 0 Å². The largest absolute Gasteiger partial charge is 0.456 e. The topological polar surface area (TPSA) is 52.6 Å². The Morgan fingerprint density at radius 1 is 1.36 bits per heavy atom. The summed E-state index contributed by atoms with van der Waals surface area (Å²) >= 11 is 0. The molecule has 4 nitrogen and oxygen atoms in total. The average Bonchev–Trinajstić information content (AvgIpc) is 1.99. The van der Waals surface area contributed by atoms with Crippen molar-refractivity contribution < 1.29 is 19.1 Å². The Balaban J connectivity index is 4.32. The van der Waals surface area contributed by atoms with Crippen molar-refractivity contribution in [1.29, 1.82) is 0 Å². The monoisotopic (exact) mass is 198 g/mol. The molecule has 0 saturated carbocycles. The van der Waals surface area contributed by atoms with Crippen LogP contribution in [0.5, 0.6) is 0 Å². The first-order valence-electron chi connectivity index (χ1n) is 4.27. The molecule has 0 aromatic carbocycles. The minimum atomic E-state index is -0.960. The normalized spacial score (nSPS) is 9.71. The molecule has 4 heteroatoms. The highest BCUT2D eigenvalue weighted by molar-refractivity contribution is 5.88. The lowest BCUT2D eigenvalue weighted by atomic mass is 10.1. The van der Waals surface area contributed by atoms with Gasteiger partial charge >= 0.3 is 11.9 Å². The first kappa shape index (κ1) is 12.5. The van der Waals surface area contributed by atoms with Gasteiger partial charge in [-0.25, -0.2) is 4.79 Å². The number of esters is 2. The first-order chi connectivity index (χ1) is 6.37. The Kier molecular flexibility index (Phi) is 4.71. The standard InChI is InChI=1S/C10H14O4/c1-5-13-9(12)6-7-10(3,4)14-8(2)11/h5H2,1-4H3. The number of carbonyl (C=O) groups is 2. The summed E-state index contributed by atoms with van der Waals surface area (Å²) in [6.45, 7) is 6.45. The van der Waals surface area contributed by atoms with E-state index >= 15 is 0 Å². The fraction of sp³-hybridized carbons (Fsp3) is 0.600. The van der Waals surface area contributed by atoms with Crippen LogP contribution in [0.3, 0.4) is 0 Å². The molecule has 0 amide bonds. The molecule has 0 bridgehead atoms. The van der Waals surface area contributed by atoms with Crippen molar-refractivity contribution in [2.45, 2.75) is 33.3 Å². The Morgan fingerprint density at radius 3 is 2.36 bits per heavy atom. The summed E-state index contributed by atoms with van der Waals surface area (Å²) < 4.78 is 9.44. The summed E-state index contributed by atoms with van der Waals surface area (Å²) in [5, 5.41) is 0. The highest BCUT2D eigenvalue weighted by atomic mass is 16.6. The van der Waals surface area contributed by atoms with Gasteiger partial charge in [0.2, 0.25) is 0 Å². The zero-order valence-electron chi connectivity index (χ0n) is 8.84. The summed E-state index contributed by atoms with van der Waals surface area (Å²) in [5.41, 5.74) is -0.960. The number of hydrogen-bond acceptors (Lipinski definition) is 4. The van der Waals surface area contributed by atoms with Crippen LogP contribution in [0.1, 0.15) is 27.7 Å². The maximum atomic E-state index is 10.8. The lowest BCUT2D eigenvalue weighted by molar-refractivity contribution is -0.149. The molecule has 0 aliphatic carbocycles. The molecule has 0 aromatic heterocycles. The molecule has 0 aliphatic heterocycles. The third-order valence-electron chi connectivity index (χ3n) is 1.14. The van der Waals surface area contributed by atoms with E-state index in [1.807, 2.05) is 0 Å². The van der Waals surface area contributed by atoms with Crippen LogP contribution < -0.4 is 0 Å². The van der Waals surface area contributed by atoms with Gasteiger partial charge < -0.3 is 9.47 Å². The van der Waals surface area contributed by atoms with Crippen LogP contribution in [-0.2, 0) is 19.1 Å². The molecule has 0 heterocycles. The Bertz CT molecular complexity index is 280. The van der Waals surface area contributed by atoms with Gasteiger partial charge in [-0.3, -0.25) is 4.79 Å². The van der Waals surface area contributed by atoms with E-state index in [9.17, 15) is 9.59 Å². The predicted molar refractivity (Wildman–Crippen MR) is 50.3 cm³/mol. The summed E-state index contributed by atoms with van der Waals surface area (Å²) in [6, 6.07) is 0. The van der Waals surface area contributed by atoms with E-state index in [1.54, 1.807) is 20.8 Å². The molecule has 0 aromatic rings. The SMILES string of the molecule is CCOC(=O)C#CC(C)(C)OC(C)=O. The van der Waals surface area contributed by atoms with Crippen molar-refractivity contribution >= 4 is 11.9 Å². The van der Waals surface area contributed by atoms with Crippen molar-refractivity contribution in [3.63, 3.8) is 0 Å². The Morgan fingerprint density at radius 2 is 1.93 bits per heavy atom. The quantitative estimate of drug-likeness (QED) is 0.375. The lowest BCUT2D eigenvalue weighted by Crippen LogP contribution is -2.25. The average molecular weight is 198 g/mol. The zero-order valence-corrected chi connectivity index (χ0v) is 8.84. The predicted octanol–water partition coefficient (Wildman–Crippen LogP) is 0.895. The van der Waals surface area contributed by atoms with E-state index in [0.29, 0.717) is 0 Å². The molecular formula is C10H14O4. The third kappa shape index (κ3) is 6.06. The van der Waals surface area contributed by atoms with Crippen molar-refractivity contribution in [2.75, 3.05) is 6.61 Å². The zero-order chi connectivity index (χ0) is 11.2. The molecule has 0 atom stereocenters. The first-order valence-corrected chi connectivity index (χ1v) is 4.27. The molecule has 0 aliphatic rings. The Labute approximate surface area is 83.6 Å². The summed E-state index contributed by atoms with van der Waals surface area (Å²) in [4.78, 5) is 21.5. The highest BCUT2D eigenvalue weighted by Gasteiger charge is 2.17. The van der Waals surface area contributed by atoms with Gasteiger partial charge in [0.05, 0.1) is 6.61 Å². The van der Waals surface area contributed by atoms with Crippen LogP contribution in [0.15, 0.2) is 0 Å². The molecule has 0 radical (unpaired) electrons. The second kappa shape index (κ2) is 5.28. The molecule has 0 N–H and O–H groups in total. The van der Waals surface area contributed by atoms with Crippen molar-refractivity contribution in [2.24, 2.45) is 0 Å². The molecular weight excluding hydrogens is 184 g/mol. The second-order valence-electron chi connectivity index (χ2n) is 3.07. The molecule has 0 unspecified atom stereocenters. The third-order valence-corrected chi connectivity index (χ3v) is 1.14. The van der Waals surface area contributed by atoms with E-state index in [2.05, 4.69) is 16.6 Å². The van der Waals surface area contributed by atoms with Crippen molar-refractivity contribution in [3.05, 3.63) is 0 Å². The van der Waals surface area contributed by atoms with Gasteiger partial charge in [-0.2, -0.15) is 0 Å². The molecule has 0 rings (SSSR count). The maximum Gasteiger partial charge on any atom is 0.384 e. The summed E-state index contributed by atoms with van der Waals surface area (Å²) in [5.74, 6) is 3.69. The van der Waals surface area contributed by atoms with Crippen molar-refractivity contribution in [1.82, 2.24) is 0 Å². The molecule has 14 heavy (non-hydrogen) atoms. The fourth-order valence-electron chi connectivity index (χ4n) is 0.754. The fourth-order valence-corrected chi connectivity index (χ4v) is 0.754. The van der Waals surface area contributed by atoms with Gasteiger partial charge in [-0.05, 0) is 26.7 Å². The summed E-state index contributed by atoms with van der Waals surface area (Å²) in [7, 11) is 0. The van der Waals surface area contributed by atoms with Crippen LogP contribution >= 0.6 is 0 Å². The lowest BCUT2D eigenvalue weighted by Gasteiger charge is -2.16. The number of rotatable bonds is 2. The molecule has 0 saturated heterocycles. The van der Waals surface area contributed by atoms with Gasteiger partial charge in [-0.1, -0.05) is 0 Å². The van der Waals surface area contributed by atoms with Gasteiger partial charge in [0.25, 0.3) is 0 Å². The van der Waals surface area contributed by atoms with Crippen LogP contribution in [0.4, 0.5) is 0 Å². The van der Waals surface area contributed by atoms with Gasteiger partial charge in [0.15, 0.2) is 5.60 Å². The number of ether oxygens (including phenoxy) is 2. The molecule has 0 spiro atoms. The number of carbonyl (C=O) groups excluding carboxylic acids is 2. The van der Waals surface area contributed by atoms with Crippen LogP contribution in [-0.4, -0.2) is 24.1 Å². The summed E-state index contributed by atoms with van der Waals surface area (Å²) in [6.07, 6.45) is 0. The maximum absolute atomic E-state index is 10.8. The van der Waals surface area contributed by atoms with Crippen LogP contribution in [0.25, 0.3) is 0 Å². The van der Waals surface area contributed by atoms with Gasteiger partial charge in [0.1, 0.15) is 0 Å². The highest BCUT2D eigenvalue weighted by Crippen LogP contribution is 2.06. The second-order valence-corrected chi connectivity index (χ2v) is 3.07. The van der Waals surface area contributed by atoms with E-state index < -0.39 is 17.5 Å². The van der Waals surface area contributed by atoms with Crippen molar-refractivity contribution in [3.8, 4) is 11.8 Å². The van der Waals surface area contributed by atoms with E-state index in [1.165, 1.54) is 6.92 Å². The molecule has 78 valence electrons. The van der Waals surface area contributed by atoms with Gasteiger partial charge in [0, 0.05) is 12.8 Å². The van der Waals surface area contributed by atoms with E-state index in [4.69, 9.17) is 4.74 Å². The molecule has 0 fully saturated rings. The minimum Gasteiger partial charge on any atom is -0.456 e. The number of hydrogen-bond donors (Lipinski definition) is 0. The van der Waals surface area contributed by atoms with Crippen LogP contribution in [0, 0.1) is 11.8 Å². The minimum absolute atomic E-state index is 0.279. The van der Waals surface area contributed by atoms with E-state index in [0.717, 1.165) is 0 Å². The Hall–Kier alpha value is -1.50.